The standard InChI is InChI=1S/C27H37BrN6O3/c1-4-16-8-18-12-21(37-27(36)31-15(2)3)13-19(9-16)24(18)33-25-22(28)14-30-26(34-25)32-20-7-5-6-17(10-20)11-23(29)35/h5-7,10,14-16,18-19,21,24H,4,8-9,11-13H2,1-3H3,(H2,29,35)(H,31,36)(H2,30,32,33,34). The van der Waals surface area contributed by atoms with Gasteiger partial charge >= 0.3 is 6.09 Å². The average molecular weight is 574 g/mol. The summed E-state index contributed by atoms with van der Waals surface area (Å²) in [5.74, 6) is 2.28. The molecule has 9 nitrogen and oxygen atoms in total. The highest BCUT2D eigenvalue weighted by atomic mass is 79.9. The predicted molar refractivity (Wildman–Crippen MR) is 148 cm³/mol. The van der Waals surface area contributed by atoms with E-state index < -0.39 is 0 Å². The highest BCUT2D eigenvalue weighted by Gasteiger charge is 2.44. The van der Waals surface area contributed by atoms with Gasteiger partial charge in [-0.3, -0.25) is 4.79 Å². The molecule has 37 heavy (non-hydrogen) atoms. The van der Waals surface area contributed by atoms with Crippen molar-refractivity contribution in [3.8, 4) is 0 Å². The van der Waals surface area contributed by atoms with Gasteiger partial charge in [0.2, 0.25) is 11.9 Å². The van der Waals surface area contributed by atoms with Gasteiger partial charge in [0.05, 0.1) is 10.9 Å². The van der Waals surface area contributed by atoms with Crippen molar-refractivity contribution in [2.75, 3.05) is 10.6 Å². The zero-order chi connectivity index (χ0) is 26.5. The summed E-state index contributed by atoms with van der Waals surface area (Å²) in [6.07, 6.45) is 6.59. The van der Waals surface area contributed by atoms with E-state index >= 15 is 0 Å². The Morgan fingerprint density at radius 3 is 2.57 bits per heavy atom. The van der Waals surface area contributed by atoms with Gasteiger partial charge in [-0.15, -0.1) is 0 Å². The first kappa shape index (κ1) is 27.2. The largest absolute Gasteiger partial charge is 0.446 e. The summed E-state index contributed by atoms with van der Waals surface area (Å²) >= 11 is 3.61. The Morgan fingerprint density at radius 1 is 1.19 bits per heavy atom. The van der Waals surface area contributed by atoms with Crippen LogP contribution in [0.1, 0.15) is 58.4 Å². The van der Waals surface area contributed by atoms with Crippen molar-refractivity contribution < 1.29 is 14.3 Å². The van der Waals surface area contributed by atoms with Crippen LogP contribution >= 0.6 is 15.9 Å². The lowest BCUT2D eigenvalue weighted by molar-refractivity contribution is -0.117. The number of nitrogens with one attached hydrogen (secondary N) is 3. The van der Waals surface area contributed by atoms with Crippen molar-refractivity contribution in [1.82, 2.24) is 15.3 Å². The molecule has 4 rings (SSSR count). The number of nitrogens with zero attached hydrogens (tertiary/aromatic N) is 2. The second-order valence-electron chi connectivity index (χ2n) is 10.6. The van der Waals surface area contributed by atoms with E-state index in [1.165, 1.54) is 6.42 Å². The fourth-order valence-corrected chi connectivity index (χ4v) is 6.06. The molecule has 2 unspecified atom stereocenters. The molecular formula is C27H37BrN6O3. The number of hydrogen-bond donors (Lipinski definition) is 4. The minimum atomic E-state index is -0.375. The number of anilines is 3. The number of rotatable bonds is 9. The van der Waals surface area contributed by atoms with E-state index in [9.17, 15) is 9.59 Å². The Morgan fingerprint density at radius 2 is 1.92 bits per heavy atom. The van der Waals surface area contributed by atoms with Crippen LogP contribution in [0.15, 0.2) is 34.9 Å². The third-order valence-corrected chi connectivity index (χ3v) is 7.87. The maximum Gasteiger partial charge on any atom is 0.407 e. The van der Waals surface area contributed by atoms with E-state index in [0.717, 1.165) is 47.2 Å². The maximum absolute atomic E-state index is 12.2. The zero-order valence-corrected chi connectivity index (χ0v) is 23.3. The summed E-state index contributed by atoms with van der Waals surface area (Å²) in [7, 11) is 0. The Balaban J connectivity index is 1.47. The predicted octanol–water partition coefficient (Wildman–Crippen LogP) is 5.14. The van der Waals surface area contributed by atoms with Crippen molar-refractivity contribution in [2.24, 2.45) is 23.5 Å². The van der Waals surface area contributed by atoms with Gasteiger partial charge < -0.3 is 26.4 Å². The van der Waals surface area contributed by atoms with Gasteiger partial charge in [-0.25, -0.2) is 9.78 Å². The minimum absolute atomic E-state index is 0.0537. The third kappa shape index (κ3) is 7.34. The quantitative estimate of drug-likeness (QED) is 0.327. The number of ether oxygens (including phenoxy) is 1. The molecule has 0 radical (unpaired) electrons. The lowest BCUT2D eigenvalue weighted by Crippen LogP contribution is -2.50. The molecule has 1 heterocycles. The Kier molecular flexibility index (Phi) is 8.89. The number of hydrogen-bond acceptors (Lipinski definition) is 7. The molecule has 0 spiro atoms. The first-order valence-electron chi connectivity index (χ1n) is 13.1. The molecule has 2 saturated carbocycles. The van der Waals surface area contributed by atoms with Gasteiger partial charge in [-0.1, -0.05) is 25.5 Å². The molecule has 200 valence electrons. The fraction of sp³-hybridized carbons (Fsp3) is 0.556. The van der Waals surface area contributed by atoms with Crippen molar-refractivity contribution in [3.63, 3.8) is 0 Å². The van der Waals surface area contributed by atoms with Crippen LogP contribution in [0, 0.1) is 17.8 Å². The highest BCUT2D eigenvalue weighted by molar-refractivity contribution is 9.10. The summed E-state index contributed by atoms with van der Waals surface area (Å²) < 4.78 is 6.59. The van der Waals surface area contributed by atoms with Crippen LogP contribution < -0.4 is 21.7 Å². The number of carbonyl (C=O) groups is 2. The van der Waals surface area contributed by atoms with Crippen molar-refractivity contribution >= 4 is 45.4 Å². The maximum atomic E-state index is 12.2. The van der Waals surface area contributed by atoms with Gasteiger partial charge in [0.1, 0.15) is 11.9 Å². The molecule has 2 bridgehead atoms. The van der Waals surface area contributed by atoms with Crippen molar-refractivity contribution in [2.45, 2.75) is 77.5 Å². The number of primary amides is 1. The van der Waals surface area contributed by atoms with E-state index in [-0.39, 0.29) is 36.6 Å². The zero-order valence-electron chi connectivity index (χ0n) is 21.7. The molecule has 2 amide bonds. The summed E-state index contributed by atoms with van der Waals surface area (Å²) in [6.45, 7) is 6.13. The number of nitrogens with two attached hydrogens (primary N) is 1. The molecular weight excluding hydrogens is 536 g/mol. The van der Waals surface area contributed by atoms with Crippen LogP contribution in [0.5, 0.6) is 0 Å². The molecule has 10 heteroatoms. The smallest absolute Gasteiger partial charge is 0.407 e. The Bertz CT molecular complexity index is 1100. The van der Waals surface area contributed by atoms with Gasteiger partial charge in [0, 0.05) is 24.0 Å². The summed E-state index contributed by atoms with van der Waals surface area (Å²) in [5, 5.41) is 9.79. The number of carbonyl (C=O) groups excluding carboxylic acids is 2. The molecule has 1 aromatic heterocycles. The van der Waals surface area contributed by atoms with Crippen LogP contribution in [0.2, 0.25) is 0 Å². The number of fused-ring (bicyclic) bond motifs is 2. The molecule has 1 aromatic carbocycles. The average Bonchev–Trinajstić information content (AvgIpc) is 2.80. The minimum Gasteiger partial charge on any atom is -0.446 e. The summed E-state index contributed by atoms with van der Waals surface area (Å²) in [4.78, 5) is 32.7. The number of benzene rings is 1. The van der Waals surface area contributed by atoms with E-state index in [2.05, 4.69) is 43.8 Å². The third-order valence-electron chi connectivity index (χ3n) is 7.29. The molecule has 2 aromatic rings. The number of alkyl carbamates (subject to hydrolysis) is 1. The topological polar surface area (TPSA) is 131 Å². The van der Waals surface area contributed by atoms with Gasteiger partial charge in [0.25, 0.3) is 0 Å². The van der Waals surface area contributed by atoms with Gasteiger partial charge in [-0.05, 0) is 90.9 Å². The van der Waals surface area contributed by atoms with Crippen molar-refractivity contribution in [1.29, 1.82) is 0 Å². The lowest BCUT2D eigenvalue weighted by atomic mass is 9.63. The summed E-state index contributed by atoms with van der Waals surface area (Å²) in [5.41, 5.74) is 6.95. The van der Waals surface area contributed by atoms with Crippen LogP contribution in [0.4, 0.5) is 22.2 Å². The van der Waals surface area contributed by atoms with Crippen molar-refractivity contribution in [3.05, 3.63) is 40.5 Å². The molecule has 5 N–H and O–H groups in total. The Labute approximate surface area is 226 Å². The second-order valence-corrected chi connectivity index (χ2v) is 11.4. The molecule has 2 fully saturated rings. The number of halogens is 1. The van der Waals surface area contributed by atoms with Gasteiger partial charge in [0.15, 0.2) is 0 Å². The molecule has 2 aliphatic carbocycles. The van der Waals surface area contributed by atoms with Crippen LogP contribution in [-0.4, -0.2) is 40.2 Å². The molecule has 0 saturated heterocycles. The van der Waals surface area contributed by atoms with Crippen LogP contribution in [0.3, 0.4) is 0 Å². The van der Waals surface area contributed by atoms with E-state index in [1.807, 2.05) is 38.1 Å². The molecule has 2 aliphatic rings. The molecule has 0 aliphatic heterocycles. The van der Waals surface area contributed by atoms with E-state index in [4.69, 9.17) is 15.5 Å². The number of amides is 2. The van der Waals surface area contributed by atoms with Gasteiger partial charge in [-0.2, -0.15) is 4.98 Å². The van der Waals surface area contributed by atoms with Crippen LogP contribution in [0.25, 0.3) is 0 Å². The SMILES string of the molecule is CCC1CC2CC(OC(=O)NC(C)C)CC(C1)C2Nc1nc(Nc2cccc(CC(N)=O)c2)ncc1Br. The normalized spacial score (nSPS) is 24.8. The highest BCUT2D eigenvalue weighted by Crippen LogP contribution is 2.46. The van der Waals surface area contributed by atoms with Crippen LogP contribution in [-0.2, 0) is 16.0 Å². The molecule has 2 atom stereocenters. The first-order chi connectivity index (χ1) is 17.7. The monoisotopic (exact) mass is 572 g/mol. The van der Waals surface area contributed by atoms with E-state index in [0.29, 0.717) is 23.7 Å². The summed E-state index contributed by atoms with van der Waals surface area (Å²) in [6, 6.07) is 7.79. The first-order valence-corrected chi connectivity index (χ1v) is 13.9. The van der Waals surface area contributed by atoms with E-state index in [1.54, 1.807) is 6.20 Å². The number of aromatic nitrogens is 2. The fourth-order valence-electron chi connectivity index (χ4n) is 5.75. The lowest BCUT2D eigenvalue weighted by Gasteiger charge is -2.48. The second kappa shape index (κ2) is 12.1. The Hall–Kier alpha value is -2.88.